The number of hydrogen-bond donors (Lipinski definition) is 1. The van der Waals surface area contributed by atoms with Crippen molar-refractivity contribution in [2.24, 2.45) is 0 Å². The Balaban J connectivity index is 1.45. The molecule has 0 aliphatic carbocycles. The quantitative estimate of drug-likeness (QED) is 0.565. The van der Waals surface area contributed by atoms with E-state index in [9.17, 15) is 4.79 Å². The summed E-state index contributed by atoms with van der Waals surface area (Å²) in [5, 5.41) is 3.14. The highest BCUT2D eigenvalue weighted by Crippen LogP contribution is 2.33. The van der Waals surface area contributed by atoms with E-state index in [0.29, 0.717) is 43.4 Å². The number of nitrogens with zero attached hydrogens (tertiary/aromatic N) is 2. The second-order valence-corrected chi connectivity index (χ2v) is 6.81. The molecule has 8 nitrogen and oxygen atoms in total. The van der Waals surface area contributed by atoms with Crippen LogP contribution in [0.5, 0.6) is 23.0 Å². The molecule has 0 amide bonds. The van der Waals surface area contributed by atoms with E-state index in [1.165, 1.54) is 4.57 Å². The molecule has 0 saturated heterocycles. The van der Waals surface area contributed by atoms with Gasteiger partial charge in [0.1, 0.15) is 0 Å². The summed E-state index contributed by atoms with van der Waals surface area (Å²) in [6, 6.07) is 11.3. The second-order valence-electron chi connectivity index (χ2n) is 6.81. The van der Waals surface area contributed by atoms with Gasteiger partial charge in [-0.3, -0.25) is 9.36 Å². The van der Waals surface area contributed by atoms with Crippen LogP contribution in [-0.2, 0) is 6.42 Å². The van der Waals surface area contributed by atoms with Gasteiger partial charge in [-0.1, -0.05) is 6.07 Å². The Morgan fingerprint density at radius 2 is 1.84 bits per heavy atom. The monoisotopic (exact) mass is 423 g/mol. The molecule has 4 rings (SSSR count). The number of benzene rings is 2. The molecule has 2 aromatic carbocycles. The summed E-state index contributed by atoms with van der Waals surface area (Å²) < 4.78 is 23.6. The minimum Gasteiger partial charge on any atom is -0.490 e. The van der Waals surface area contributed by atoms with E-state index in [1.807, 2.05) is 38.1 Å². The Morgan fingerprint density at radius 1 is 1.03 bits per heavy atom. The van der Waals surface area contributed by atoms with Crippen LogP contribution in [-0.4, -0.2) is 36.1 Å². The number of rotatable bonds is 9. The van der Waals surface area contributed by atoms with Gasteiger partial charge in [-0.05, 0) is 50.1 Å². The highest BCUT2D eigenvalue weighted by Gasteiger charge is 2.15. The molecule has 1 aliphatic heterocycles. The number of hydrogen-bond acceptors (Lipinski definition) is 7. The first-order valence-electron chi connectivity index (χ1n) is 10.3. The van der Waals surface area contributed by atoms with E-state index in [4.69, 9.17) is 18.9 Å². The summed E-state index contributed by atoms with van der Waals surface area (Å²) in [4.78, 5) is 17.1. The summed E-state index contributed by atoms with van der Waals surface area (Å²) in [5.74, 6) is 3.04. The first-order chi connectivity index (χ1) is 15.2. The third-order valence-corrected chi connectivity index (χ3v) is 4.79. The Hall–Kier alpha value is -3.68. The molecule has 1 aliphatic rings. The van der Waals surface area contributed by atoms with E-state index < -0.39 is 0 Å². The zero-order chi connectivity index (χ0) is 21.6. The summed E-state index contributed by atoms with van der Waals surface area (Å²) in [7, 11) is 0. The summed E-state index contributed by atoms with van der Waals surface area (Å²) >= 11 is 0. The fraction of sp³-hybridized carbons (Fsp3) is 0.304. The molecular formula is C23H25N3O5. The lowest BCUT2D eigenvalue weighted by molar-refractivity contribution is 0.174. The number of fused-ring (bicyclic) bond motifs is 1. The molecule has 8 heteroatoms. The smallest absolute Gasteiger partial charge is 0.297 e. The number of nitrogens with one attached hydrogen (secondary N) is 1. The van der Waals surface area contributed by atoms with Gasteiger partial charge in [0.05, 0.1) is 18.9 Å². The van der Waals surface area contributed by atoms with Gasteiger partial charge >= 0.3 is 0 Å². The van der Waals surface area contributed by atoms with Gasteiger partial charge in [-0.25, -0.2) is 4.98 Å². The minimum absolute atomic E-state index is 0.188. The molecule has 1 N–H and O–H groups in total. The van der Waals surface area contributed by atoms with Gasteiger partial charge in [-0.15, -0.1) is 0 Å². The first-order valence-corrected chi connectivity index (χ1v) is 10.3. The highest BCUT2D eigenvalue weighted by molar-refractivity contribution is 5.51. The van der Waals surface area contributed by atoms with Crippen LogP contribution in [0.3, 0.4) is 0 Å². The number of ether oxygens (including phenoxy) is 4. The molecular weight excluding hydrogens is 398 g/mol. The van der Waals surface area contributed by atoms with Crippen LogP contribution in [0.1, 0.15) is 19.4 Å². The van der Waals surface area contributed by atoms with Crippen LogP contribution in [0.15, 0.2) is 53.6 Å². The maximum Gasteiger partial charge on any atom is 0.297 e. The molecule has 0 unspecified atom stereocenters. The topological polar surface area (TPSA) is 83.8 Å². The van der Waals surface area contributed by atoms with Gasteiger partial charge in [0.15, 0.2) is 28.8 Å². The molecule has 0 saturated carbocycles. The summed E-state index contributed by atoms with van der Waals surface area (Å²) in [6.07, 6.45) is 3.93. The third-order valence-electron chi connectivity index (χ3n) is 4.79. The van der Waals surface area contributed by atoms with Crippen molar-refractivity contribution in [1.29, 1.82) is 0 Å². The first kappa shape index (κ1) is 20.6. The fourth-order valence-corrected chi connectivity index (χ4v) is 3.35. The van der Waals surface area contributed by atoms with Crippen LogP contribution in [0, 0.1) is 0 Å². The average molecular weight is 423 g/mol. The van der Waals surface area contributed by atoms with Crippen molar-refractivity contribution in [1.82, 2.24) is 9.55 Å². The summed E-state index contributed by atoms with van der Waals surface area (Å²) in [6.45, 7) is 5.76. The molecule has 1 aromatic heterocycles. The van der Waals surface area contributed by atoms with Crippen molar-refractivity contribution >= 4 is 5.82 Å². The van der Waals surface area contributed by atoms with Gasteiger partial charge in [0, 0.05) is 25.0 Å². The number of anilines is 1. The Kier molecular flexibility index (Phi) is 6.26. The average Bonchev–Trinajstić information content (AvgIpc) is 3.25. The Labute approximate surface area is 180 Å². The lowest BCUT2D eigenvalue weighted by atomic mass is 10.1. The van der Waals surface area contributed by atoms with Gasteiger partial charge in [0.2, 0.25) is 6.79 Å². The van der Waals surface area contributed by atoms with Crippen molar-refractivity contribution in [3.8, 4) is 28.7 Å². The molecule has 0 radical (unpaired) electrons. The van der Waals surface area contributed by atoms with E-state index in [1.54, 1.807) is 24.5 Å². The minimum atomic E-state index is -0.233. The van der Waals surface area contributed by atoms with Gasteiger partial charge < -0.3 is 24.3 Å². The molecule has 0 fully saturated rings. The van der Waals surface area contributed by atoms with E-state index in [-0.39, 0.29) is 18.2 Å². The predicted octanol–water partition coefficient (Wildman–Crippen LogP) is 3.41. The normalized spacial score (nSPS) is 11.9. The Bertz CT molecular complexity index is 1110. The largest absolute Gasteiger partial charge is 0.490 e. The molecule has 0 bridgehead atoms. The SMILES string of the molecule is CCOc1ccc(CCNc2nccn(-c3ccc4c(c3)OCO4)c2=O)cc1OCC. The van der Waals surface area contributed by atoms with Crippen LogP contribution in [0.4, 0.5) is 5.82 Å². The van der Waals surface area contributed by atoms with Crippen LogP contribution >= 0.6 is 0 Å². The van der Waals surface area contributed by atoms with Crippen molar-refractivity contribution in [2.45, 2.75) is 20.3 Å². The van der Waals surface area contributed by atoms with Crippen molar-refractivity contribution in [3.05, 3.63) is 64.7 Å². The van der Waals surface area contributed by atoms with Gasteiger partial charge in [0.25, 0.3) is 5.56 Å². The van der Waals surface area contributed by atoms with Crippen LogP contribution < -0.4 is 29.8 Å². The number of aromatic nitrogens is 2. The molecule has 31 heavy (non-hydrogen) atoms. The van der Waals surface area contributed by atoms with Gasteiger partial charge in [-0.2, -0.15) is 0 Å². The lowest BCUT2D eigenvalue weighted by Gasteiger charge is -2.13. The Morgan fingerprint density at radius 3 is 2.68 bits per heavy atom. The zero-order valence-corrected chi connectivity index (χ0v) is 17.6. The summed E-state index contributed by atoms with van der Waals surface area (Å²) in [5.41, 5.74) is 1.53. The molecule has 162 valence electrons. The van der Waals surface area contributed by atoms with Crippen LogP contribution in [0.2, 0.25) is 0 Å². The van der Waals surface area contributed by atoms with E-state index in [0.717, 1.165) is 17.1 Å². The van der Waals surface area contributed by atoms with Crippen molar-refractivity contribution in [2.75, 3.05) is 31.9 Å². The second kappa shape index (κ2) is 9.42. The van der Waals surface area contributed by atoms with Crippen molar-refractivity contribution < 1.29 is 18.9 Å². The standard InChI is InChI=1S/C23H25N3O5/c1-3-28-18-7-5-16(13-20(18)29-4-2)9-10-24-22-23(27)26(12-11-25-22)17-6-8-19-21(14-17)31-15-30-19/h5-8,11-14H,3-4,9-10,15H2,1-2H3,(H,24,25). The van der Waals surface area contributed by atoms with E-state index >= 15 is 0 Å². The lowest BCUT2D eigenvalue weighted by Crippen LogP contribution is -2.24. The predicted molar refractivity (Wildman–Crippen MR) is 117 cm³/mol. The maximum atomic E-state index is 12.9. The molecule has 2 heterocycles. The van der Waals surface area contributed by atoms with E-state index in [2.05, 4.69) is 10.3 Å². The highest BCUT2D eigenvalue weighted by atomic mass is 16.7. The van der Waals surface area contributed by atoms with Crippen molar-refractivity contribution in [3.63, 3.8) is 0 Å². The zero-order valence-electron chi connectivity index (χ0n) is 17.6. The molecule has 0 spiro atoms. The van der Waals surface area contributed by atoms with Crippen LogP contribution in [0.25, 0.3) is 5.69 Å². The third kappa shape index (κ3) is 4.58. The maximum absolute atomic E-state index is 12.9. The fourth-order valence-electron chi connectivity index (χ4n) is 3.35. The molecule has 0 atom stereocenters. The molecule has 3 aromatic rings.